The molecule has 0 bridgehead atoms. The van der Waals surface area contributed by atoms with Gasteiger partial charge in [0, 0.05) is 25.5 Å². The van der Waals surface area contributed by atoms with E-state index < -0.39 is 28.2 Å². The highest BCUT2D eigenvalue weighted by molar-refractivity contribution is 7.86. The summed E-state index contributed by atoms with van der Waals surface area (Å²) in [7, 11) is -3.86. The van der Waals surface area contributed by atoms with Crippen molar-refractivity contribution in [1.82, 2.24) is 0 Å². The Morgan fingerprint density at radius 1 is 0.485 bits per heavy atom. The van der Waals surface area contributed by atoms with Crippen molar-refractivity contribution in [3.63, 3.8) is 0 Å². The maximum absolute atomic E-state index is 13.1. The van der Waals surface area contributed by atoms with Gasteiger partial charge in [-0.1, -0.05) is 265 Å². The zero-order valence-corrected chi connectivity index (χ0v) is 46.1. The molecule has 0 fully saturated rings. The van der Waals surface area contributed by atoms with Gasteiger partial charge < -0.3 is 20.3 Å². The van der Waals surface area contributed by atoms with E-state index in [0.29, 0.717) is 12.0 Å². The number of carbonyl (C=O) groups is 2. The first-order chi connectivity index (χ1) is 32.9. The van der Waals surface area contributed by atoms with Gasteiger partial charge in [-0.2, -0.15) is 8.42 Å². The molecule has 1 aromatic rings. The number of unbranched alkanes of at least 4 members (excludes halogenated alkanes) is 36. The molecular formula is C58H109NO8S. The summed E-state index contributed by atoms with van der Waals surface area (Å²) in [6.07, 6.45) is 49.4. The van der Waals surface area contributed by atoms with E-state index in [9.17, 15) is 18.0 Å². The van der Waals surface area contributed by atoms with Gasteiger partial charge in [0.05, 0.1) is 6.26 Å². The van der Waals surface area contributed by atoms with Gasteiger partial charge in [-0.15, -0.1) is 0 Å². The topological polar surface area (TPSA) is 142 Å². The van der Waals surface area contributed by atoms with Crippen LogP contribution in [-0.4, -0.2) is 44.4 Å². The lowest BCUT2D eigenvalue weighted by Crippen LogP contribution is -2.36. The number of hydrogen-bond acceptors (Lipinski definition) is 9. The molecule has 1 aromatic carbocycles. The quantitative estimate of drug-likeness (QED) is 0.0282. The molecule has 1 rings (SSSR count). The van der Waals surface area contributed by atoms with Gasteiger partial charge in [0.2, 0.25) is 0 Å². The summed E-state index contributed by atoms with van der Waals surface area (Å²) >= 11 is 0. The van der Waals surface area contributed by atoms with Crippen LogP contribution in [0.4, 0.5) is 0 Å². The normalized spacial score (nSPS) is 12.5. The van der Waals surface area contributed by atoms with Crippen molar-refractivity contribution in [1.29, 1.82) is 0 Å². The summed E-state index contributed by atoms with van der Waals surface area (Å²) in [4.78, 5) is 26.1. The van der Waals surface area contributed by atoms with Crippen molar-refractivity contribution >= 4 is 22.1 Å². The monoisotopic (exact) mass is 980 g/mol. The number of hydrogen-bond donors (Lipinski definition) is 2. The van der Waals surface area contributed by atoms with Gasteiger partial charge in [-0.25, -0.2) is 0 Å². The Morgan fingerprint density at radius 2 is 0.750 bits per heavy atom. The van der Waals surface area contributed by atoms with Crippen LogP contribution in [0, 0.1) is 5.92 Å². The first-order valence-electron chi connectivity index (χ1n) is 28.7. The fourth-order valence-electron chi connectivity index (χ4n) is 8.79. The second-order valence-corrected chi connectivity index (χ2v) is 21.8. The van der Waals surface area contributed by atoms with Gasteiger partial charge in [0.25, 0.3) is 10.1 Å². The minimum Gasteiger partial charge on any atom is -0.423 e. The zero-order chi connectivity index (χ0) is 50.4. The fourth-order valence-corrected chi connectivity index (χ4v) is 9.40. The molecule has 0 heterocycles. The Balaban J connectivity index is 0.0000145. The van der Waals surface area contributed by atoms with Gasteiger partial charge in [0.15, 0.2) is 11.5 Å². The molecule has 0 radical (unpaired) electrons. The van der Waals surface area contributed by atoms with Crippen LogP contribution in [0.2, 0.25) is 0 Å². The first kappa shape index (κ1) is 66.0. The molecular weight excluding hydrogens is 871 g/mol. The number of esters is 2. The standard InChI is InChI=1S/C56H103NO7S.C2H6O/c1-6-8-10-12-14-16-18-20-22-24-26-28-30-32-34-36-38-40-42-44-53(58)62-51-47-46-50(56(55(57)49(3)4)64-65(5,60)61)48-52(51)63-54(59)45-43-41-39-37-35-33-31-29-27-25-23-21-19-17-15-13-11-9-7-2;1-2-3/h46-49,55-56H,6-45,57H2,1-5H3;3H,2H2,1H3. The molecule has 400 valence electrons. The number of ether oxygens (including phenoxy) is 2. The van der Waals surface area contributed by atoms with Crippen molar-refractivity contribution in [2.24, 2.45) is 11.7 Å². The summed E-state index contributed by atoms with van der Waals surface area (Å²) in [6.45, 7) is 10.3. The third kappa shape index (κ3) is 41.7. The molecule has 0 spiro atoms. The third-order valence-corrected chi connectivity index (χ3v) is 13.7. The van der Waals surface area contributed by atoms with Gasteiger partial charge in [-0.3, -0.25) is 13.8 Å². The Hall–Kier alpha value is -2.01. The lowest BCUT2D eigenvalue weighted by Gasteiger charge is -2.26. The number of aliphatic hydroxyl groups excluding tert-OH is 1. The molecule has 0 saturated carbocycles. The molecule has 0 amide bonds. The summed E-state index contributed by atoms with van der Waals surface area (Å²) in [5.41, 5.74) is 6.86. The Morgan fingerprint density at radius 3 is 1.01 bits per heavy atom. The van der Waals surface area contributed by atoms with Crippen molar-refractivity contribution in [3.05, 3.63) is 23.8 Å². The van der Waals surface area contributed by atoms with Crippen LogP contribution in [0.5, 0.6) is 11.5 Å². The number of rotatable bonds is 47. The highest BCUT2D eigenvalue weighted by Gasteiger charge is 2.29. The van der Waals surface area contributed by atoms with E-state index in [4.69, 9.17) is 24.5 Å². The molecule has 9 nitrogen and oxygen atoms in total. The summed E-state index contributed by atoms with van der Waals surface area (Å²) in [6, 6.07) is 4.07. The van der Waals surface area contributed by atoms with E-state index in [0.717, 1.165) is 38.4 Å². The summed E-state index contributed by atoms with van der Waals surface area (Å²) in [5.74, 6) is -0.694. The molecule has 2 unspecified atom stereocenters. The van der Waals surface area contributed by atoms with Crippen LogP contribution in [0.25, 0.3) is 0 Å². The molecule has 0 aliphatic heterocycles. The molecule has 0 aliphatic rings. The molecule has 68 heavy (non-hydrogen) atoms. The first-order valence-corrected chi connectivity index (χ1v) is 30.5. The summed E-state index contributed by atoms with van der Waals surface area (Å²) in [5, 5.41) is 7.57. The van der Waals surface area contributed by atoms with Crippen molar-refractivity contribution in [2.75, 3.05) is 12.9 Å². The second-order valence-electron chi connectivity index (χ2n) is 20.2. The van der Waals surface area contributed by atoms with Crippen LogP contribution in [0.1, 0.15) is 303 Å². The molecule has 10 heteroatoms. The highest BCUT2D eigenvalue weighted by Crippen LogP contribution is 2.35. The molecule has 2 atom stereocenters. The lowest BCUT2D eigenvalue weighted by atomic mass is 9.94. The molecule has 0 saturated heterocycles. The Labute approximate surface area is 420 Å². The Kier molecular flexibility index (Phi) is 45.9. The van der Waals surface area contributed by atoms with Crippen molar-refractivity contribution in [2.45, 2.75) is 304 Å². The van der Waals surface area contributed by atoms with E-state index in [2.05, 4.69) is 13.8 Å². The number of carbonyl (C=O) groups excluding carboxylic acids is 2. The fraction of sp³-hybridized carbons (Fsp3) is 0.862. The SMILES string of the molecule is CCCCCCCCCCCCCCCCCCCCCC(=O)Oc1ccc(C(OS(C)(=O)=O)C(N)C(C)C)cc1OC(=O)CCCCCCCCCCCCCCCCCCCCC.CCO. The Bertz CT molecular complexity index is 1400. The van der Waals surface area contributed by atoms with E-state index in [1.165, 1.54) is 212 Å². The molecule has 3 N–H and O–H groups in total. The number of benzene rings is 1. The maximum Gasteiger partial charge on any atom is 0.311 e. The minimum absolute atomic E-state index is 0.0740. The van der Waals surface area contributed by atoms with Gasteiger partial charge in [-0.05, 0) is 43.4 Å². The van der Waals surface area contributed by atoms with Crippen LogP contribution >= 0.6 is 0 Å². The largest absolute Gasteiger partial charge is 0.423 e. The number of nitrogens with two attached hydrogens (primary N) is 1. The van der Waals surface area contributed by atoms with E-state index >= 15 is 0 Å². The lowest BCUT2D eigenvalue weighted by molar-refractivity contribution is -0.137. The predicted molar refractivity (Wildman–Crippen MR) is 288 cm³/mol. The predicted octanol–water partition coefficient (Wildman–Crippen LogP) is 17.1. The van der Waals surface area contributed by atoms with Crippen LogP contribution in [-0.2, 0) is 23.9 Å². The summed E-state index contributed by atoms with van der Waals surface area (Å²) < 4.78 is 41.5. The van der Waals surface area contributed by atoms with Crippen LogP contribution in [0.15, 0.2) is 18.2 Å². The van der Waals surface area contributed by atoms with E-state index in [1.807, 2.05) is 13.8 Å². The molecule has 0 aliphatic carbocycles. The minimum atomic E-state index is -3.86. The van der Waals surface area contributed by atoms with E-state index in [1.54, 1.807) is 19.1 Å². The number of aliphatic hydroxyl groups is 1. The van der Waals surface area contributed by atoms with Gasteiger partial charge >= 0.3 is 11.9 Å². The van der Waals surface area contributed by atoms with Crippen LogP contribution < -0.4 is 15.2 Å². The van der Waals surface area contributed by atoms with Gasteiger partial charge in [0.1, 0.15) is 6.10 Å². The van der Waals surface area contributed by atoms with E-state index in [-0.39, 0.29) is 42.8 Å². The zero-order valence-electron chi connectivity index (χ0n) is 45.2. The average Bonchev–Trinajstić information content (AvgIpc) is 3.30. The smallest absolute Gasteiger partial charge is 0.311 e. The van der Waals surface area contributed by atoms with Crippen molar-refractivity contribution < 1.29 is 36.8 Å². The molecule has 0 aromatic heterocycles. The second kappa shape index (κ2) is 47.3. The van der Waals surface area contributed by atoms with Crippen LogP contribution in [0.3, 0.4) is 0 Å². The third-order valence-electron chi connectivity index (χ3n) is 13.1. The highest BCUT2D eigenvalue weighted by atomic mass is 32.2. The maximum atomic E-state index is 13.1. The average molecular weight is 981 g/mol. The van der Waals surface area contributed by atoms with Crippen molar-refractivity contribution in [3.8, 4) is 11.5 Å².